The van der Waals surface area contributed by atoms with Gasteiger partial charge in [-0.2, -0.15) is 0 Å². The number of thiazole rings is 1. The molecule has 0 fully saturated rings. The predicted molar refractivity (Wildman–Crippen MR) is 130 cm³/mol. The molecule has 0 N–H and O–H groups in total. The molecule has 0 aliphatic carbocycles. The largest absolute Gasteiger partial charge is 0.466 e. The van der Waals surface area contributed by atoms with Crippen molar-refractivity contribution >= 4 is 34.3 Å². The van der Waals surface area contributed by atoms with Gasteiger partial charge in [-0.05, 0) is 31.6 Å². The van der Waals surface area contributed by atoms with E-state index >= 15 is 0 Å². The molecular formula is C26H23N3O3S. The number of allylic oxidation sites excluding steroid dienone is 1. The van der Waals surface area contributed by atoms with Gasteiger partial charge in [0.05, 0.1) is 29.0 Å². The maximum absolute atomic E-state index is 13.7. The summed E-state index contributed by atoms with van der Waals surface area (Å²) >= 11 is 1.34. The van der Waals surface area contributed by atoms with Crippen LogP contribution in [0.5, 0.6) is 0 Å². The van der Waals surface area contributed by atoms with E-state index in [2.05, 4.69) is 34.8 Å². The number of aryl methyl sites for hydroxylation is 1. The summed E-state index contributed by atoms with van der Waals surface area (Å²) in [5.74, 6) is -0.481. The molecule has 2 aromatic heterocycles. The summed E-state index contributed by atoms with van der Waals surface area (Å²) in [6.45, 7) is 4.72. The molecule has 0 amide bonds. The van der Waals surface area contributed by atoms with E-state index in [9.17, 15) is 9.59 Å². The van der Waals surface area contributed by atoms with Gasteiger partial charge in [0.1, 0.15) is 0 Å². The first-order valence-electron chi connectivity index (χ1n) is 10.8. The first-order chi connectivity index (χ1) is 16.0. The van der Waals surface area contributed by atoms with Crippen LogP contribution >= 0.6 is 11.3 Å². The molecule has 166 valence electrons. The highest BCUT2D eigenvalue weighted by molar-refractivity contribution is 7.07. The second-order valence-electron chi connectivity index (χ2n) is 7.87. The molecule has 0 saturated heterocycles. The van der Waals surface area contributed by atoms with E-state index in [4.69, 9.17) is 4.74 Å². The highest BCUT2D eigenvalue weighted by Crippen LogP contribution is 2.30. The normalized spacial score (nSPS) is 16.1. The minimum atomic E-state index is -0.589. The van der Waals surface area contributed by atoms with Crippen LogP contribution in [0, 0.1) is 0 Å². The monoisotopic (exact) mass is 457 g/mol. The van der Waals surface area contributed by atoms with Crippen LogP contribution in [-0.2, 0) is 16.1 Å². The Morgan fingerprint density at radius 3 is 2.61 bits per heavy atom. The Labute approximate surface area is 194 Å². The van der Waals surface area contributed by atoms with Crippen LogP contribution in [0.2, 0.25) is 0 Å². The molecule has 1 aliphatic heterocycles. The molecule has 5 rings (SSSR count). The van der Waals surface area contributed by atoms with E-state index in [1.807, 2.05) is 48.5 Å². The van der Waals surface area contributed by atoms with E-state index in [1.54, 1.807) is 11.5 Å². The maximum atomic E-state index is 13.7. The second kappa shape index (κ2) is 8.33. The number of ether oxygens (including phenoxy) is 1. The van der Waals surface area contributed by atoms with Crippen molar-refractivity contribution in [2.45, 2.75) is 26.4 Å². The van der Waals surface area contributed by atoms with E-state index < -0.39 is 12.0 Å². The number of carbonyl (C=O) groups is 1. The van der Waals surface area contributed by atoms with Crippen molar-refractivity contribution in [3.63, 3.8) is 0 Å². The third-order valence-electron chi connectivity index (χ3n) is 5.99. The van der Waals surface area contributed by atoms with E-state index in [1.165, 1.54) is 18.4 Å². The van der Waals surface area contributed by atoms with Gasteiger partial charge in [-0.1, -0.05) is 59.9 Å². The van der Waals surface area contributed by atoms with Crippen LogP contribution in [0.25, 0.3) is 17.0 Å². The summed E-state index contributed by atoms with van der Waals surface area (Å²) in [4.78, 5) is 31.6. The smallest absolute Gasteiger partial charge is 0.338 e. The number of hydrogen-bond donors (Lipinski definition) is 0. The third kappa shape index (κ3) is 3.45. The van der Waals surface area contributed by atoms with Crippen molar-refractivity contribution < 1.29 is 9.53 Å². The quantitative estimate of drug-likeness (QED) is 0.442. The average molecular weight is 458 g/mol. The van der Waals surface area contributed by atoms with Crippen LogP contribution in [0.4, 0.5) is 0 Å². The molecular weight excluding hydrogens is 434 g/mol. The zero-order chi connectivity index (χ0) is 23.1. The van der Waals surface area contributed by atoms with E-state index in [0.717, 1.165) is 28.6 Å². The molecule has 3 heterocycles. The van der Waals surface area contributed by atoms with Crippen molar-refractivity contribution in [2.24, 2.45) is 4.99 Å². The summed E-state index contributed by atoms with van der Waals surface area (Å²) in [6.07, 6.45) is 4.00. The molecule has 1 aliphatic rings. The molecule has 0 bridgehead atoms. The number of carbonyl (C=O) groups excluding carboxylic acids is 1. The summed E-state index contributed by atoms with van der Waals surface area (Å²) in [5.41, 5.74) is 3.72. The molecule has 0 spiro atoms. The lowest BCUT2D eigenvalue weighted by Gasteiger charge is -2.24. The number of fused-ring (bicyclic) bond motifs is 2. The van der Waals surface area contributed by atoms with Crippen molar-refractivity contribution in [2.75, 3.05) is 7.11 Å². The second-order valence-corrected chi connectivity index (χ2v) is 8.88. The molecule has 0 saturated carbocycles. The third-order valence-corrected chi connectivity index (χ3v) is 6.97. The highest BCUT2D eigenvalue weighted by atomic mass is 32.1. The Hall–Kier alpha value is -3.71. The van der Waals surface area contributed by atoms with Gasteiger partial charge in [-0.3, -0.25) is 9.36 Å². The molecule has 6 nitrogen and oxygen atoms in total. The molecule has 0 radical (unpaired) electrons. The topological polar surface area (TPSA) is 65.6 Å². The Morgan fingerprint density at radius 2 is 1.88 bits per heavy atom. The molecule has 1 unspecified atom stereocenters. The fourth-order valence-electron chi connectivity index (χ4n) is 4.44. The fourth-order valence-corrected chi connectivity index (χ4v) is 5.47. The SMILES string of the molecule is CCn1cc(C=c2sc3n(c2=O)C(c2ccccc2)C(C(=O)OC)=C(C)N=3)c2ccccc21. The Balaban J connectivity index is 1.77. The van der Waals surface area contributed by atoms with Crippen LogP contribution in [0.1, 0.15) is 31.0 Å². The van der Waals surface area contributed by atoms with Gasteiger partial charge in [-0.15, -0.1) is 0 Å². The van der Waals surface area contributed by atoms with Gasteiger partial charge < -0.3 is 9.30 Å². The molecule has 7 heteroatoms. The molecule has 1 atom stereocenters. The van der Waals surface area contributed by atoms with E-state index in [-0.39, 0.29) is 5.56 Å². The summed E-state index contributed by atoms with van der Waals surface area (Å²) in [5, 5.41) is 1.09. The van der Waals surface area contributed by atoms with Crippen molar-refractivity contribution in [3.05, 3.63) is 103 Å². The molecule has 2 aromatic carbocycles. The predicted octanol–water partition coefficient (Wildman–Crippen LogP) is 3.38. The number of methoxy groups -OCH3 is 1. The minimum Gasteiger partial charge on any atom is -0.466 e. The Bertz CT molecular complexity index is 1590. The zero-order valence-electron chi connectivity index (χ0n) is 18.6. The van der Waals surface area contributed by atoms with E-state index in [0.29, 0.717) is 20.6 Å². The number of para-hydroxylation sites is 1. The lowest BCUT2D eigenvalue weighted by molar-refractivity contribution is -0.136. The number of benzene rings is 2. The number of hydrogen-bond acceptors (Lipinski definition) is 5. The lowest BCUT2D eigenvalue weighted by atomic mass is 9.96. The first kappa shape index (κ1) is 21.2. The summed E-state index contributed by atoms with van der Waals surface area (Å²) in [6, 6.07) is 17.1. The standard InChI is InChI=1S/C26H23N3O3S/c1-4-28-15-18(19-12-8-9-13-20(19)28)14-21-24(30)29-23(17-10-6-5-7-11-17)22(25(31)32-3)16(2)27-26(29)33-21/h5-15,23H,4H2,1-3H3. The number of rotatable bonds is 4. The maximum Gasteiger partial charge on any atom is 0.338 e. The van der Waals surface area contributed by atoms with Gasteiger partial charge in [-0.25, -0.2) is 9.79 Å². The summed E-state index contributed by atoms with van der Waals surface area (Å²) < 4.78 is 9.42. The molecule has 4 aromatic rings. The fraction of sp³-hybridized carbons (Fsp3) is 0.192. The van der Waals surface area contributed by atoms with Gasteiger partial charge >= 0.3 is 5.97 Å². The van der Waals surface area contributed by atoms with Crippen LogP contribution in [0.3, 0.4) is 0 Å². The van der Waals surface area contributed by atoms with Gasteiger partial charge in [0, 0.05) is 29.2 Å². The lowest BCUT2D eigenvalue weighted by Crippen LogP contribution is -2.39. The highest BCUT2D eigenvalue weighted by Gasteiger charge is 2.32. The van der Waals surface area contributed by atoms with Crippen molar-refractivity contribution in [3.8, 4) is 0 Å². The van der Waals surface area contributed by atoms with Crippen molar-refractivity contribution in [1.82, 2.24) is 9.13 Å². The van der Waals surface area contributed by atoms with Crippen LogP contribution in [-0.4, -0.2) is 22.2 Å². The van der Waals surface area contributed by atoms with Crippen molar-refractivity contribution in [1.29, 1.82) is 0 Å². The van der Waals surface area contributed by atoms with Gasteiger partial charge in [0.15, 0.2) is 4.80 Å². The van der Waals surface area contributed by atoms with Gasteiger partial charge in [0.2, 0.25) is 0 Å². The Morgan fingerprint density at radius 1 is 1.15 bits per heavy atom. The average Bonchev–Trinajstić information content (AvgIpc) is 3.35. The molecule has 33 heavy (non-hydrogen) atoms. The summed E-state index contributed by atoms with van der Waals surface area (Å²) in [7, 11) is 1.35. The Kier molecular flexibility index (Phi) is 5.34. The van der Waals surface area contributed by atoms with Crippen LogP contribution < -0.4 is 14.9 Å². The van der Waals surface area contributed by atoms with Crippen LogP contribution in [0.15, 0.2) is 81.9 Å². The number of esters is 1. The first-order valence-corrected chi connectivity index (χ1v) is 11.6. The van der Waals surface area contributed by atoms with Gasteiger partial charge in [0.25, 0.3) is 5.56 Å². The number of aromatic nitrogens is 2. The number of nitrogens with zero attached hydrogens (tertiary/aromatic N) is 3. The minimum absolute atomic E-state index is 0.171. The zero-order valence-corrected chi connectivity index (χ0v) is 19.4.